The molecule has 1 unspecified atom stereocenters. The molecule has 2 aliphatic rings. The lowest BCUT2D eigenvalue weighted by Crippen LogP contribution is -2.53. The number of piperazine rings is 1. The zero-order chi connectivity index (χ0) is 22.9. The number of methoxy groups -OCH3 is 1. The Morgan fingerprint density at radius 2 is 1.84 bits per heavy atom. The van der Waals surface area contributed by atoms with Gasteiger partial charge in [-0.3, -0.25) is 9.59 Å². The number of amides is 2. The first kappa shape index (κ1) is 22.0. The van der Waals surface area contributed by atoms with Crippen LogP contribution in [0.1, 0.15) is 28.9 Å². The highest BCUT2D eigenvalue weighted by atomic mass is 19.4. The Bertz CT molecular complexity index is 980. The third-order valence-electron chi connectivity index (χ3n) is 5.40. The van der Waals surface area contributed by atoms with Crippen LogP contribution in [0.3, 0.4) is 0 Å². The second-order valence-electron chi connectivity index (χ2n) is 7.37. The fourth-order valence-corrected chi connectivity index (χ4v) is 3.76. The van der Waals surface area contributed by atoms with Crippen molar-refractivity contribution in [3.8, 4) is 11.7 Å². The van der Waals surface area contributed by atoms with Crippen LogP contribution in [-0.2, 0) is 15.7 Å². The predicted octanol–water partition coefficient (Wildman–Crippen LogP) is 1.15. The first-order valence-electron chi connectivity index (χ1n) is 10.0. The minimum Gasteiger partial charge on any atom is -0.480 e. The Morgan fingerprint density at radius 1 is 1.12 bits per heavy atom. The molecule has 0 aliphatic carbocycles. The third-order valence-corrected chi connectivity index (χ3v) is 5.40. The molecule has 0 spiro atoms. The van der Waals surface area contributed by atoms with Gasteiger partial charge in [-0.25, -0.2) is 4.68 Å². The molecule has 0 aromatic carbocycles. The van der Waals surface area contributed by atoms with Crippen molar-refractivity contribution >= 4 is 11.8 Å². The monoisotopic (exact) mass is 454 g/mol. The zero-order valence-corrected chi connectivity index (χ0v) is 17.2. The van der Waals surface area contributed by atoms with E-state index in [1.165, 1.54) is 24.1 Å². The summed E-state index contributed by atoms with van der Waals surface area (Å²) in [5.41, 5.74) is -1.83. The highest BCUT2D eigenvalue weighted by molar-refractivity contribution is 5.95. The lowest BCUT2D eigenvalue weighted by molar-refractivity contribution is -0.143. The Morgan fingerprint density at radius 3 is 2.41 bits per heavy atom. The van der Waals surface area contributed by atoms with E-state index in [-0.39, 0.29) is 43.8 Å². The average Bonchev–Trinajstić information content (AvgIpc) is 3.48. The number of rotatable bonds is 4. The molecule has 32 heavy (non-hydrogen) atoms. The standard InChI is InChI=1S/C19H21F3N6O4/c1-31-15-5-4-14(24-25-15)28-16(19(20,21)22)12(11-23-28)17(29)26-6-8-27(9-7-26)18(30)13-3-2-10-32-13/h4-5,11,13H,2-3,6-10H2,1H3. The number of carbonyl (C=O) groups is 2. The lowest BCUT2D eigenvalue weighted by atomic mass is 10.1. The number of hydrogen-bond acceptors (Lipinski definition) is 7. The molecule has 0 radical (unpaired) electrons. The highest BCUT2D eigenvalue weighted by Crippen LogP contribution is 2.34. The van der Waals surface area contributed by atoms with E-state index in [4.69, 9.17) is 9.47 Å². The molecule has 4 heterocycles. The average molecular weight is 454 g/mol. The fraction of sp³-hybridized carbons (Fsp3) is 0.526. The normalized spacial score (nSPS) is 19.3. The molecule has 10 nitrogen and oxygen atoms in total. The summed E-state index contributed by atoms with van der Waals surface area (Å²) in [4.78, 5) is 28.3. The van der Waals surface area contributed by atoms with Gasteiger partial charge in [0.25, 0.3) is 11.8 Å². The van der Waals surface area contributed by atoms with Gasteiger partial charge in [0.2, 0.25) is 5.88 Å². The van der Waals surface area contributed by atoms with Crippen LogP contribution < -0.4 is 4.74 Å². The highest BCUT2D eigenvalue weighted by Gasteiger charge is 2.42. The van der Waals surface area contributed by atoms with Crippen molar-refractivity contribution in [2.24, 2.45) is 0 Å². The maximum absolute atomic E-state index is 13.9. The molecule has 13 heteroatoms. The Labute approximate surface area is 180 Å². The maximum atomic E-state index is 13.9. The number of nitrogens with zero attached hydrogens (tertiary/aromatic N) is 6. The summed E-state index contributed by atoms with van der Waals surface area (Å²) in [5.74, 6) is -1.03. The lowest BCUT2D eigenvalue weighted by Gasteiger charge is -2.35. The van der Waals surface area contributed by atoms with Crippen molar-refractivity contribution < 1.29 is 32.2 Å². The van der Waals surface area contributed by atoms with E-state index in [0.29, 0.717) is 17.7 Å². The van der Waals surface area contributed by atoms with Crippen LogP contribution >= 0.6 is 0 Å². The number of halogens is 3. The summed E-state index contributed by atoms with van der Waals surface area (Å²) in [6.45, 7) is 1.22. The molecule has 2 aromatic heterocycles. The van der Waals surface area contributed by atoms with Crippen LogP contribution in [0.4, 0.5) is 13.2 Å². The minimum absolute atomic E-state index is 0.113. The summed E-state index contributed by atoms with van der Waals surface area (Å²) in [6.07, 6.45) is -2.99. The Kier molecular flexibility index (Phi) is 6.00. The summed E-state index contributed by atoms with van der Waals surface area (Å²) < 4.78 is 52.4. The predicted molar refractivity (Wildman–Crippen MR) is 102 cm³/mol. The van der Waals surface area contributed by atoms with Gasteiger partial charge in [-0.2, -0.15) is 18.3 Å². The topological polar surface area (TPSA) is 103 Å². The van der Waals surface area contributed by atoms with Crippen LogP contribution in [0.2, 0.25) is 0 Å². The smallest absolute Gasteiger partial charge is 0.434 e. The Balaban J connectivity index is 1.52. The van der Waals surface area contributed by atoms with Gasteiger partial charge in [-0.15, -0.1) is 10.2 Å². The van der Waals surface area contributed by atoms with Gasteiger partial charge < -0.3 is 19.3 Å². The maximum Gasteiger partial charge on any atom is 0.434 e. The van der Waals surface area contributed by atoms with Crippen molar-refractivity contribution in [1.29, 1.82) is 0 Å². The van der Waals surface area contributed by atoms with Crippen LogP contribution in [0.25, 0.3) is 5.82 Å². The molecule has 2 aliphatic heterocycles. The molecule has 2 amide bonds. The van der Waals surface area contributed by atoms with Crippen molar-refractivity contribution in [2.75, 3.05) is 39.9 Å². The quantitative estimate of drug-likeness (QED) is 0.683. The van der Waals surface area contributed by atoms with Crippen molar-refractivity contribution in [2.45, 2.75) is 25.1 Å². The molecule has 2 saturated heterocycles. The molecule has 4 rings (SSSR count). The van der Waals surface area contributed by atoms with E-state index in [1.807, 2.05) is 0 Å². The van der Waals surface area contributed by atoms with Gasteiger partial charge in [-0.1, -0.05) is 0 Å². The second kappa shape index (κ2) is 8.73. The molecule has 1 atom stereocenters. The molecular formula is C19H21F3N6O4. The molecule has 0 N–H and O–H groups in total. The molecule has 172 valence electrons. The SMILES string of the molecule is COc1ccc(-n2ncc(C(=O)N3CCN(C(=O)C4CCCO4)CC3)c2C(F)(F)F)nn1. The van der Waals surface area contributed by atoms with Gasteiger partial charge in [0.15, 0.2) is 11.5 Å². The number of carbonyl (C=O) groups excluding carboxylic acids is 2. The first-order chi connectivity index (χ1) is 15.3. The van der Waals surface area contributed by atoms with Crippen LogP contribution in [0.15, 0.2) is 18.3 Å². The fourth-order valence-electron chi connectivity index (χ4n) is 3.76. The summed E-state index contributed by atoms with van der Waals surface area (Å²) >= 11 is 0. The van der Waals surface area contributed by atoms with Gasteiger partial charge in [0, 0.05) is 38.9 Å². The molecule has 2 aromatic rings. The van der Waals surface area contributed by atoms with E-state index in [1.54, 1.807) is 4.90 Å². The van der Waals surface area contributed by atoms with Crippen molar-refractivity contribution in [3.63, 3.8) is 0 Å². The van der Waals surface area contributed by atoms with E-state index >= 15 is 0 Å². The summed E-state index contributed by atoms with van der Waals surface area (Å²) in [7, 11) is 1.35. The summed E-state index contributed by atoms with van der Waals surface area (Å²) in [5, 5.41) is 11.1. The molecule has 2 fully saturated rings. The summed E-state index contributed by atoms with van der Waals surface area (Å²) in [6, 6.07) is 2.60. The van der Waals surface area contributed by atoms with E-state index in [0.717, 1.165) is 12.6 Å². The largest absolute Gasteiger partial charge is 0.480 e. The van der Waals surface area contributed by atoms with E-state index in [2.05, 4.69) is 15.3 Å². The van der Waals surface area contributed by atoms with Gasteiger partial charge in [0.05, 0.1) is 18.9 Å². The third kappa shape index (κ3) is 4.24. The van der Waals surface area contributed by atoms with Gasteiger partial charge in [-0.05, 0) is 18.9 Å². The molecule has 0 bridgehead atoms. The van der Waals surface area contributed by atoms with Crippen LogP contribution in [0.5, 0.6) is 5.88 Å². The number of alkyl halides is 3. The number of ether oxygens (including phenoxy) is 2. The second-order valence-corrected chi connectivity index (χ2v) is 7.37. The Hall–Kier alpha value is -3.22. The number of hydrogen-bond donors (Lipinski definition) is 0. The van der Waals surface area contributed by atoms with E-state index in [9.17, 15) is 22.8 Å². The minimum atomic E-state index is -4.86. The van der Waals surface area contributed by atoms with Crippen LogP contribution in [-0.4, -0.2) is 87.6 Å². The molecule has 0 saturated carbocycles. The van der Waals surface area contributed by atoms with Gasteiger partial charge >= 0.3 is 6.18 Å². The van der Waals surface area contributed by atoms with Crippen LogP contribution in [0, 0.1) is 0 Å². The van der Waals surface area contributed by atoms with Crippen molar-refractivity contribution in [1.82, 2.24) is 29.8 Å². The number of aromatic nitrogens is 4. The zero-order valence-electron chi connectivity index (χ0n) is 17.2. The van der Waals surface area contributed by atoms with Crippen molar-refractivity contribution in [3.05, 3.63) is 29.6 Å². The first-order valence-corrected chi connectivity index (χ1v) is 10.0. The van der Waals surface area contributed by atoms with E-state index < -0.39 is 29.4 Å². The van der Waals surface area contributed by atoms with Gasteiger partial charge in [0.1, 0.15) is 6.10 Å². The molecular weight excluding hydrogens is 433 g/mol.